The Morgan fingerprint density at radius 1 is 1.44 bits per heavy atom. The van der Waals surface area contributed by atoms with E-state index in [4.69, 9.17) is 11.6 Å². The SMILES string of the molecule is CC(C)CC1CN(c2cccc(Cl)c2)C(C)CN1. The molecule has 0 amide bonds. The Hall–Kier alpha value is -0.730. The lowest BCUT2D eigenvalue weighted by molar-refractivity contribution is 0.356. The molecular weight excluding hydrogens is 244 g/mol. The highest BCUT2D eigenvalue weighted by atomic mass is 35.5. The molecule has 2 unspecified atom stereocenters. The van der Waals surface area contributed by atoms with Crippen LogP contribution in [0.15, 0.2) is 24.3 Å². The molecule has 2 rings (SSSR count). The zero-order valence-electron chi connectivity index (χ0n) is 11.5. The van der Waals surface area contributed by atoms with E-state index in [2.05, 4.69) is 43.1 Å². The molecule has 0 radical (unpaired) electrons. The Balaban J connectivity index is 2.10. The molecule has 1 aliphatic rings. The summed E-state index contributed by atoms with van der Waals surface area (Å²) in [6.07, 6.45) is 1.23. The molecule has 1 aromatic carbocycles. The van der Waals surface area contributed by atoms with Crippen molar-refractivity contribution in [2.24, 2.45) is 5.92 Å². The number of hydrogen-bond acceptors (Lipinski definition) is 2. The molecule has 1 heterocycles. The molecule has 100 valence electrons. The number of nitrogens with zero attached hydrogens (tertiary/aromatic N) is 1. The largest absolute Gasteiger partial charge is 0.366 e. The maximum Gasteiger partial charge on any atom is 0.0426 e. The van der Waals surface area contributed by atoms with Crippen molar-refractivity contribution in [2.75, 3.05) is 18.0 Å². The molecule has 3 heteroatoms. The van der Waals surface area contributed by atoms with Gasteiger partial charge in [-0.2, -0.15) is 0 Å². The van der Waals surface area contributed by atoms with Gasteiger partial charge in [0.25, 0.3) is 0 Å². The lowest BCUT2D eigenvalue weighted by atomic mass is 9.99. The van der Waals surface area contributed by atoms with Crippen LogP contribution >= 0.6 is 11.6 Å². The molecule has 2 atom stereocenters. The Bertz CT molecular complexity index is 392. The minimum absolute atomic E-state index is 0.520. The maximum atomic E-state index is 6.09. The van der Waals surface area contributed by atoms with Crippen LogP contribution in [-0.4, -0.2) is 25.2 Å². The molecule has 0 aliphatic carbocycles. The van der Waals surface area contributed by atoms with Gasteiger partial charge in [-0.3, -0.25) is 0 Å². The number of halogens is 1. The fourth-order valence-corrected chi connectivity index (χ4v) is 2.86. The summed E-state index contributed by atoms with van der Waals surface area (Å²) in [4.78, 5) is 2.47. The van der Waals surface area contributed by atoms with E-state index >= 15 is 0 Å². The second kappa shape index (κ2) is 5.94. The third kappa shape index (κ3) is 3.39. The van der Waals surface area contributed by atoms with E-state index in [0.29, 0.717) is 12.1 Å². The number of benzene rings is 1. The van der Waals surface area contributed by atoms with Gasteiger partial charge in [-0.15, -0.1) is 0 Å². The van der Waals surface area contributed by atoms with Crippen molar-refractivity contribution in [2.45, 2.75) is 39.3 Å². The van der Waals surface area contributed by atoms with Crippen molar-refractivity contribution >= 4 is 17.3 Å². The first-order valence-corrected chi connectivity index (χ1v) is 7.19. The van der Waals surface area contributed by atoms with Gasteiger partial charge in [0.15, 0.2) is 0 Å². The van der Waals surface area contributed by atoms with Gasteiger partial charge in [0.1, 0.15) is 0 Å². The molecule has 0 saturated carbocycles. The number of hydrogen-bond donors (Lipinski definition) is 1. The van der Waals surface area contributed by atoms with Crippen molar-refractivity contribution in [3.05, 3.63) is 29.3 Å². The molecule has 0 aromatic heterocycles. The predicted octanol–water partition coefficient (Wildman–Crippen LogP) is 3.55. The lowest BCUT2D eigenvalue weighted by Gasteiger charge is -2.41. The number of rotatable bonds is 3. The van der Waals surface area contributed by atoms with Crippen molar-refractivity contribution in [3.63, 3.8) is 0 Å². The second-order valence-electron chi connectivity index (χ2n) is 5.72. The van der Waals surface area contributed by atoms with Gasteiger partial charge >= 0.3 is 0 Å². The van der Waals surface area contributed by atoms with Crippen molar-refractivity contribution in [3.8, 4) is 0 Å². The first kappa shape index (κ1) is 13.7. The van der Waals surface area contributed by atoms with Crippen molar-refractivity contribution < 1.29 is 0 Å². The monoisotopic (exact) mass is 266 g/mol. The Labute approximate surface area is 115 Å². The fourth-order valence-electron chi connectivity index (χ4n) is 2.67. The first-order valence-electron chi connectivity index (χ1n) is 6.82. The average Bonchev–Trinajstić information content (AvgIpc) is 2.31. The summed E-state index contributed by atoms with van der Waals surface area (Å²) >= 11 is 6.09. The van der Waals surface area contributed by atoms with E-state index < -0.39 is 0 Å². The Morgan fingerprint density at radius 2 is 2.22 bits per heavy atom. The van der Waals surface area contributed by atoms with Crippen LogP contribution in [0.3, 0.4) is 0 Å². The van der Waals surface area contributed by atoms with Gasteiger partial charge < -0.3 is 10.2 Å². The molecule has 1 aliphatic heterocycles. The normalized spacial score (nSPS) is 24.6. The predicted molar refractivity (Wildman–Crippen MR) is 79.5 cm³/mol. The zero-order valence-corrected chi connectivity index (χ0v) is 12.2. The quantitative estimate of drug-likeness (QED) is 0.900. The van der Waals surface area contributed by atoms with Gasteiger partial charge in [-0.25, -0.2) is 0 Å². The van der Waals surface area contributed by atoms with Crippen LogP contribution in [0.1, 0.15) is 27.2 Å². The molecule has 1 aromatic rings. The van der Waals surface area contributed by atoms with E-state index in [0.717, 1.165) is 24.0 Å². The van der Waals surface area contributed by atoms with Crippen LogP contribution in [0.5, 0.6) is 0 Å². The molecule has 2 nitrogen and oxygen atoms in total. The summed E-state index contributed by atoms with van der Waals surface area (Å²) in [6, 6.07) is 9.29. The molecule has 1 N–H and O–H groups in total. The minimum Gasteiger partial charge on any atom is -0.366 e. The summed E-state index contributed by atoms with van der Waals surface area (Å²) in [5.74, 6) is 0.733. The number of nitrogens with one attached hydrogen (secondary N) is 1. The Kier molecular flexibility index (Phi) is 4.52. The average molecular weight is 267 g/mol. The summed E-state index contributed by atoms with van der Waals surface area (Å²) in [5, 5.41) is 4.46. The topological polar surface area (TPSA) is 15.3 Å². The molecule has 0 spiro atoms. The summed E-state index contributed by atoms with van der Waals surface area (Å²) < 4.78 is 0. The number of anilines is 1. The lowest BCUT2D eigenvalue weighted by Crippen LogP contribution is -2.55. The van der Waals surface area contributed by atoms with Gasteiger partial charge in [0.05, 0.1) is 0 Å². The second-order valence-corrected chi connectivity index (χ2v) is 6.15. The Morgan fingerprint density at radius 3 is 2.89 bits per heavy atom. The van der Waals surface area contributed by atoms with Crippen LogP contribution in [-0.2, 0) is 0 Å². The van der Waals surface area contributed by atoms with Gasteiger partial charge in [0.2, 0.25) is 0 Å². The highest BCUT2D eigenvalue weighted by molar-refractivity contribution is 6.30. The van der Waals surface area contributed by atoms with Crippen molar-refractivity contribution in [1.29, 1.82) is 0 Å². The van der Waals surface area contributed by atoms with E-state index in [-0.39, 0.29) is 0 Å². The summed E-state index contributed by atoms with van der Waals surface area (Å²) in [7, 11) is 0. The maximum absolute atomic E-state index is 6.09. The van der Waals surface area contributed by atoms with E-state index in [9.17, 15) is 0 Å². The minimum atomic E-state index is 0.520. The van der Waals surface area contributed by atoms with Crippen LogP contribution in [0.25, 0.3) is 0 Å². The molecule has 0 bridgehead atoms. The molecular formula is C15H23ClN2. The van der Waals surface area contributed by atoms with Crippen LogP contribution in [0, 0.1) is 5.92 Å². The first-order chi connectivity index (χ1) is 8.56. The van der Waals surface area contributed by atoms with Crippen LogP contribution in [0.4, 0.5) is 5.69 Å². The highest BCUT2D eigenvalue weighted by Gasteiger charge is 2.25. The van der Waals surface area contributed by atoms with Gasteiger partial charge in [0, 0.05) is 35.9 Å². The smallest absolute Gasteiger partial charge is 0.0426 e. The summed E-state index contributed by atoms with van der Waals surface area (Å²) in [5.41, 5.74) is 1.24. The number of piperazine rings is 1. The zero-order chi connectivity index (χ0) is 13.1. The van der Waals surface area contributed by atoms with E-state index in [1.54, 1.807) is 0 Å². The summed E-state index contributed by atoms with van der Waals surface area (Å²) in [6.45, 7) is 8.94. The highest BCUT2D eigenvalue weighted by Crippen LogP contribution is 2.24. The third-order valence-corrected chi connectivity index (χ3v) is 3.78. The fraction of sp³-hybridized carbons (Fsp3) is 0.600. The van der Waals surface area contributed by atoms with Crippen LogP contribution < -0.4 is 10.2 Å². The van der Waals surface area contributed by atoms with Gasteiger partial charge in [-0.1, -0.05) is 31.5 Å². The molecule has 18 heavy (non-hydrogen) atoms. The molecule has 1 fully saturated rings. The van der Waals surface area contributed by atoms with Crippen molar-refractivity contribution in [1.82, 2.24) is 5.32 Å². The third-order valence-electron chi connectivity index (χ3n) is 3.55. The van der Waals surface area contributed by atoms with Gasteiger partial charge in [-0.05, 0) is 37.5 Å². The standard InChI is InChI=1S/C15H23ClN2/c1-11(2)7-14-10-18(12(3)9-17-14)15-6-4-5-13(16)8-15/h4-6,8,11-12,14,17H,7,9-10H2,1-3H3. The molecule has 1 saturated heterocycles. The van der Waals surface area contributed by atoms with E-state index in [1.807, 2.05) is 12.1 Å². The van der Waals surface area contributed by atoms with Crippen LogP contribution in [0.2, 0.25) is 5.02 Å². The van der Waals surface area contributed by atoms with E-state index in [1.165, 1.54) is 12.1 Å².